The molecule has 0 aromatic heterocycles. The number of hydrogen-bond acceptors (Lipinski definition) is 2. The third kappa shape index (κ3) is 6.68. The first-order valence-corrected chi connectivity index (χ1v) is 9.84. The quantitative estimate of drug-likeness (QED) is 0.774. The minimum Gasteiger partial charge on any atom is -0.350 e. The van der Waals surface area contributed by atoms with Gasteiger partial charge in [0, 0.05) is 17.1 Å². The molecule has 0 bridgehead atoms. The number of rotatable bonds is 6. The maximum atomic E-state index is 13.1. The number of amides is 2. The van der Waals surface area contributed by atoms with Crippen LogP contribution in [0.25, 0.3) is 0 Å². The molecule has 0 aliphatic rings. The molecule has 1 atom stereocenters. The fourth-order valence-electron chi connectivity index (χ4n) is 2.99. The summed E-state index contributed by atoms with van der Waals surface area (Å²) < 4.78 is 0. The number of nitrogens with zero attached hydrogens (tertiary/aromatic N) is 1. The molecule has 0 heterocycles. The highest BCUT2D eigenvalue weighted by molar-refractivity contribution is 6.30. The second-order valence-electron chi connectivity index (χ2n) is 8.23. The third-order valence-corrected chi connectivity index (χ3v) is 4.58. The van der Waals surface area contributed by atoms with Crippen molar-refractivity contribution in [2.24, 2.45) is 0 Å². The maximum Gasteiger partial charge on any atom is 0.242 e. The Morgan fingerprint density at radius 2 is 1.71 bits per heavy atom. The minimum absolute atomic E-state index is 0.111. The van der Waals surface area contributed by atoms with E-state index in [1.54, 1.807) is 24.0 Å². The number of benzene rings is 2. The monoisotopic (exact) mass is 400 g/mol. The summed E-state index contributed by atoms with van der Waals surface area (Å²) in [5.41, 5.74) is 2.58. The van der Waals surface area contributed by atoms with Crippen LogP contribution in [0.15, 0.2) is 48.5 Å². The molecule has 2 rings (SSSR count). The lowest BCUT2D eigenvalue weighted by Crippen LogP contribution is -2.52. The highest BCUT2D eigenvalue weighted by Gasteiger charge is 2.28. The number of carbonyl (C=O) groups excluding carboxylic acids is 2. The van der Waals surface area contributed by atoms with E-state index in [1.807, 2.05) is 64.1 Å². The number of halogens is 1. The van der Waals surface area contributed by atoms with Gasteiger partial charge in [0.25, 0.3) is 0 Å². The smallest absolute Gasteiger partial charge is 0.242 e. The maximum absolute atomic E-state index is 13.1. The summed E-state index contributed by atoms with van der Waals surface area (Å²) in [6.07, 6.45) is 0.194. The van der Waals surface area contributed by atoms with Gasteiger partial charge in [-0.2, -0.15) is 0 Å². The van der Waals surface area contributed by atoms with Gasteiger partial charge in [-0.05, 0) is 57.9 Å². The summed E-state index contributed by atoms with van der Waals surface area (Å²) in [5.74, 6) is -0.278. The van der Waals surface area contributed by atoms with Crippen LogP contribution in [0, 0.1) is 6.92 Å². The molecule has 0 unspecified atom stereocenters. The van der Waals surface area contributed by atoms with Crippen molar-refractivity contribution in [3.05, 3.63) is 70.2 Å². The van der Waals surface area contributed by atoms with E-state index in [-0.39, 0.29) is 23.8 Å². The molecule has 4 nitrogen and oxygen atoms in total. The first-order chi connectivity index (χ1) is 13.0. The van der Waals surface area contributed by atoms with Gasteiger partial charge in [-0.1, -0.05) is 53.6 Å². The van der Waals surface area contributed by atoms with Crippen LogP contribution in [-0.2, 0) is 22.6 Å². The van der Waals surface area contributed by atoms with Crippen molar-refractivity contribution in [1.82, 2.24) is 10.2 Å². The molecule has 150 valence electrons. The van der Waals surface area contributed by atoms with E-state index in [0.29, 0.717) is 11.6 Å². The van der Waals surface area contributed by atoms with Crippen molar-refractivity contribution in [2.45, 2.75) is 59.2 Å². The Morgan fingerprint density at radius 3 is 2.32 bits per heavy atom. The summed E-state index contributed by atoms with van der Waals surface area (Å²) >= 11 is 6.05. The average Bonchev–Trinajstić information content (AvgIpc) is 2.57. The zero-order valence-corrected chi connectivity index (χ0v) is 18.0. The van der Waals surface area contributed by atoms with Crippen molar-refractivity contribution in [1.29, 1.82) is 0 Å². The topological polar surface area (TPSA) is 49.4 Å². The van der Waals surface area contributed by atoms with Crippen molar-refractivity contribution >= 4 is 23.4 Å². The molecule has 28 heavy (non-hydrogen) atoms. The predicted molar refractivity (Wildman–Crippen MR) is 114 cm³/mol. The second-order valence-corrected chi connectivity index (χ2v) is 8.67. The predicted octanol–water partition coefficient (Wildman–Crippen LogP) is 4.52. The molecule has 0 fully saturated rings. The van der Waals surface area contributed by atoms with E-state index < -0.39 is 6.04 Å². The van der Waals surface area contributed by atoms with Gasteiger partial charge in [0.15, 0.2) is 0 Å². The number of carbonyl (C=O) groups is 2. The molecule has 0 aliphatic heterocycles. The normalized spacial score (nSPS) is 12.4. The molecule has 2 aromatic rings. The van der Waals surface area contributed by atoms with Crippen LogP contribution >= 0.6 is 11.6 Å². The Bertz CT molecular complexity index is 842. The lowest BCUT2D eigenvalue weighted by atomic mass is 10.1. The Labute approximate surface area is 172 Å². The molecule has 0 aliphatic carbocycles. The lowest BCUT2D eigenvalue weighted by Gasteiger charge is -2.31. The van der Waals surface area contributed by atoms with Crippen molar-refractivity contribution in [2.75, 3.05) is 0 Å². The van der Waals surface area contributed by atoms with Crippen LogP contribution in [0.2, 0.25) is 5.02 Å². The van der Waals surface area contributed by atoms with Crippen LogP contribution in [0.5, 0.6) is 0 Å². The van der Waals surface area contributed by atoms with Gasteiger partial charge < -0.3 is 10.2 Å². The molecule has 0 saturated heterocycles. The summed E-state index contributed by atoms with van der Waals surface area (Å²) in [7, 11) is 0. The standard InChI is InChI=1S/C23H29ClN2O2/c1-16-8-6-10-19(12-16)15-26(17(2)22(28)25-23(3,4)5)21(27)14-18-9-7-11-20(24)13-18/h6-13,17H,14-15H2,1-5H3,(H,25,28)/t17-/m0/s1. The highest BCUT2D eigenvalue weighted by Crippen LogP contribution is 2.16. The SMILES string of the molecule is Cc1cccc(CN(C(=O)Cc2cccc(Cl)c2)[C@@H](C)C(=O)NC(C)(C)C)c1. The Balaban J connectivity index is 2.26. The Kier molecular flexibility index (Phi) is 7.25. The van der Waals surface area contributed by atoms with Crippen LogP contribution in [-0.4, -0.2) is 28.3 Å². The summed E-state index contributed by atoms with van der Waals surface area (Å²) in [6.45, 7) is 9.94. The van der Waals surface area contributed by atoms with E-state index in [0.717, 1.165) is 16.7 Å². The van der Waals surface area contributed by atoms with Gasteiger partial charge >= 0.3 is 0 Å². The van der Waals surface area contributed by atoms with Gasteiger partial charge in [0.2, 0.25) is 11.8 Å². The molecular weight excluding hydrogens is 372 g/mol. The number of aryl methyl sites for hydroxylation is 1. The van der Waals surface area contributed by atoms with Gasteiger partial charge in [-0.15, -0.1) is 0 Å². The van der Waals surface area contributed by atoms with E-state index in [4.69, 9.17) is 11.6 Å². The minimum atomic E-state index is -0.591. The van der Waals surface area contributed by atoms with Crippen LogP contribution < -0.4 is 5.32 Å². The Morgan fingerprint density at radius 1 is 1.07 bits per heavy atom. The van der Waals surface area contributed by atoms with Crippen LogP contribution in [0.1, 0.15) is 44.4 Å². The molecule has 5 heteroatoms. The molecule has 0 saturated carbocycles. The number of nitrogens with one attached hydrogen (secondary N) is 1. The fraction of sp³-hybridized carbons (Fsp3) is 0.391. The van der Waals surface area contributed by atoms with Crippen LogP contribution in [0.4, 0.5) is 0 Å². The largest absolute Gasteiger partial charge is 0.350 e. The molecule has 0 radical (unpaired) electrons. The van der Waals surface area contributed by atoms with E-state index >= 15 is 0 Å². The average molecular weight is 401 g/mol. The van der Waals surface area contributed by atoms with Gasteiger partial charge in [0.1, 0.15) is 6.04 Å². The molecule has 2 amide bonds. The molecule has 2 aromatic carbocycles. The van der Waals surface area contributed by atoms with Crippen molar-refractivity contribution < 1.29 is 9.59 Å². The molecular formula is C23H29ClN2O2. The van der Waals surface area contributed by atoms with E-state index in [9.17, 15) is 9.59 Å². The molecule has 0 spiro atoms. The van der Waals surface area contributed by atoms with Gasteiger partial charge in [-0.25, -0.2) is 0 Å². The van der Waals surface area contributed by atoms with E-state index in [1.165, 1.54) is 0 Å². The van der Waals surface area contributed by atoms with Gasteiger partial charge in [-0.3, -0.25) is 9.59 Å². The third-order valence-electron chi connectivity index (χ3n) is 4.35. The van der Waals surface area contributed by atoms with E-state index in [2.05, 4.69) is 5.32 Å². The second kappa shape index (κ2) is 9.24. The first-order valence-electron chi connectivity index (χ1n) is 9.46. The first kappa shape index (κ1) is 22.0. The zero-order chi connectivity index (χ0) is 20.9. The van der Waals surface area contributed by atoms with Crippen molar-refractivity contribution in [3.63, 3.8) is 0 Å². The van der Waals surface area contributed by atoms with Gasteiger partial charge in [0.05, 0.1) is 6.42 Å². The van der Waals surface area contributed by atoms with Crippen molar-refractivity contribution in [3.8, 4) is 0 Å². The Hall–Kier alpha value is -2.33. The van der Waals surface area contributed by atoms with Crippen LogP contribution in [0.3, 0.4) is 0 Å². The lowest BCUT2D eigenvalue weighted by molar-refractivity contribution is -0.140. The summed E-state index contributed by atoms with van der Waals surface area (Å²) in [6, 6.07) is 14.6. The summed E-state index contributed by atoms with van der Waals surface area (Å²) in [5, 5.41) is 3.56. The molecule has 1 N–H and O–H groups in total. The highest BCUT2D eigenvalue weighted by atomic mass is 35.5. The number of hydrogen-bond donors (Lipinski definition) is 1. The fourth-order valence-corrected chi connectivity index (χ4v) is 3.20. The summed E-state index contributed by atoms with van der Waals surface area (Å²) in [4.78, 5) is 27.5. The zero-order valence-electron chi connectivity index (χ0n) is 17.3.